The zero-order valence-electron chi connectivity index (χ0n) is 19.2. The number of benzene rings is 1. The number of nitrogens with zero attached hydrogens (tertiary/aromatic N) is 1. The van der Waals surface area contributed by atoms with Crippen LogP contribution < -0.4 is 5.32 Å². The number of carbonyl (C=O) groups excluding carboxylic acids is 3. The fourth-order valence-electron chi connectivity index (χ4n) is 5.07. The fraction of sp³-hybridized carbons (Fsp3) is 0.560. The van der Waals surface area contributed by atoms with E-state index < -0.39 is 23.8 Å². The smallest absolute Gasteiger partial charge is 0.310 e. The molecule has 0 unspecified atom stereocenters. The zero-order valence-corrected chi connectivity index (χ0v) is 20.0. The molecule has 1 aromatic carbocycles. The molecule has 1 saturated heterocycles. The number of allylic oxidation sites excluding steroid dienone is 1. The number of rotatable bonds is 10. The van der Waals surface area contributed by atoms with E-state index in [1.165, 1.54) is 0 Å². The normalized spacial score (nSPS) is 26.2. The van der Waals surface area contributed by atoms with E-state index in [2.05, 4.69) is 5.32 Å². The largest absolute Gasteiger partial charge is 0.466 e. The summed E-state index contributed by atoms with van der Waals surface area (Å²) >= 11 is 6.23. The van der Waals surface area contributed by atoms with Gasteiger partial charge in [-0.25, -0.2) is 0 Å². The average molecular weight is 477 g/mol. The molecular weight excluding hydrogens is 444 g/mol. The molecule has 2 amide bonds. The Labute approximate surface area is 200 Å². The molecule has 5 atom stereocenters. The Bertz CT molecular complexity index is 889. The zero-order chi connectivity index (χ0) is 24.0. The predicted octanol–water partition coefficient (Wildman–Crippen LogP) is 3.66. The number of hydrogen-bond acceptors (Lipinski definition) is 5. The van der Waals surface area contributed by atoms with Crippen molar-refractivity contribution in [1.29, 1.82) is 0 Å². The highest BCUT2D eigenvalue weighted by Crippen LogP contribution is 2.46. The van der Waals surface area contributed by atoms with Crippen molar-refractivity contribution in [3.8, 4) is 0 Å². The monoisotopic (exact) mass is 476 g/mol. The van der Waals surface area contributed by atoms with Gasteiger partial charge in [-0.3, -0.25) is 14.4 Å². The number of aliphatic hydroxyl groups excluding tert-OH is 1. The number of fused-ring (bicyclic) bond motifs is 1. The molecule has 180 valence electrons. The maximum absolute atomic E-state index is 13.7. The van der Waals surface area contributed by atoms with E-state index in [9.17, 15) is 19.5 Å². The highest BCUT2D eigenvalue weighted by Gasteiger charge is 2.57. The van der Waals surface area contributed by atoms with Crippen molar-refractivity contribution in [3.63, 3.8) is 0 Å². The third-order valence-corrected chi connectivity index (χ3v) is 6.83. The van der Waals surface area contributed by atoms with E-state index in [0.717, 1.165) is 12.8 Å². The van der Waals surface area contributed by atoms with E-state index in [1.807, 2.05) is 19.1 Å². The summed E-state index contributed by atoms with van der Waals surface area (Å²) in [4.78, 5) is 41.7. The van der Waals surface area contributed by atoms with E-state index in [0.29, 0.717) is 30.1 Å². The molecule has 1 aliphatic carbocycles. The van der Waals surface area contributed by atoms with Crippen LogP contribution in [0.15, 0.2) is 36.4 Å². The van der Waals surface area contributed by atoms with E-state index >= 15 is 0 Å². The number of aliphatic hydroxyl groups is 1. The summed E-state index contributed by atoms with van der Waals surface area (Å²) in [6.07, 6.45) is 6.62. The summed E-state index contributed by atoms with van der Waals surface area (Å²) in [5, 5.41) is 12.5. The van der Waals surface area contributed by atoms with Gasteiger partial charge in [-0.2, -0.15) is 0 Å². The number of nitrogens with one attached hydrogen (secondary N) is 1. The number of esters is 1. The van der Waals surface area contributed by atoms with Crippen LogP contribution in [0.2, 0.25) is 5.02 Å². The molecule has 1 fully saturated rings. The lowest BCUT2D eigenvalue weighted by molar-refractivity contribution is -0.155. The molecule has 3 rings (SSSR count). The maximum atomic E-state index is 13.7. The van der Waals surface area contributed by atoms with Gasteiger partial charge in [-0.1, -0.05) is 49.2 Å². The van der Waals surface area contributed by atoms with Crippen molar-refractivity contribution >= 4 is 35.1 Å². The molecule has 0 bridgehead atoms. The van der Waals surface area contributed by atoms with Crippen LogP contribution in [-0.2, 0) is 19.1 Å². The Morgan fingerprint density at radius 3 is 2.61 bits per heavy atom. The topological polar surface area (TPSA) is 95.9 Å². The second-order valence-corrected chi connectivity index (χ2v) is 9.00. The molecule has 0 aromatic heterocycles. The minimum atomic E-state index is -0.770. The van der Waals surface area contributed by atoms with Crippen LogP contribution in [0.4, 0.5) is 5.69 Å². The lowest BCUT2D eigenvalue weighted by atomic mass is 9.69. The van der Waals surface area contributed by atoms with E-state index in [-0.39, 0.29) is 36.9 Å². The molecule has 0 saturated carbocycles. The van der Waals surface area contributed by atoms with Crippen LogP contribution in [0.25, 0.3) is 0 Å². The maximum Gasteiger partial charge on any atom is 0.310 e. The van der Waals surface area contributed by atoms with Gasteiger partial charge in [0.1, 0.15) is 6.04 Å². The van der Waals surface area contributed by atoms with Crippen LogP contribution in [0.3, 0.4) is 0 Å². The molecule has 1 heterocycles. The quantitative estimate of drug-likeness (QED) is 0.305. The fourth-order valence-corrected chi connectivity index (χ4v) is 5.25. The second-order valence-electron chi connectivity index (χ2n) is 8.59. The van der Waals surface area contributed by atoms with Gasteiger partial charge in [0, 0.05) is 19.1 Å². The molecule has 33 heavy (non-hydrogen) atoms. The van der Waals surface area contributed by atoms with Gasteiger partial charge < -0.3 is 20.1 Å². The first kappa shape index (κ1) is 25.2. The van der Waals surface area contributed by atoms with Crippen LogP contribution >= 0.6 is 11.6 Å². The number of carbonyl (C=O) groups is 3. The molecule has 0 radical (unpaired) electrons. The van der Waals surface area contributed by atoms with Gasteiger partial charge in [-0.05, 0) is 44.2 Å². The predicted molar refractivity (Wildman–Crippen MR) is 127 cm³/mol. The number of anilines is 1. The van der Waals surface area contributed by atoms with Crippen molar-refractivity contribution in [2.24, 2.45) is 23.7 Å². The summed E-state index contributed by atoms with van der Waals surface area (Å²) in [7, 11) is 0. The van der Waals surface area contributed by atoms with Gasteiger partial charge in [-0.15, -0.1) is 0 Å². The average Bonchev–Trinajstić information content (AvgIpc) is 3.07. The first-order chi connectivity index (χ1) is 15.9. The number of ether oxygens (including phenoxy) is 1. The van der Waals surface area contributed by atoms with Gasteiger partial charge in [0.15, 0.2) is 0 Å². The SMILES string of the molecule is CCC[C@@H]1C=C[C@H]2[C@@H](C(=O)N(CCCCO)[C@@H]2C(=O)Nc2ccccc2Cl)[C@@H]1C(=O)OCC. The van der Waals surface area contributed by atoms with E-state index in [4.69, 9.17) is 16.3 Å². The van der Waals surface area contributed by atoms with Crippen LogP contribution in [0, 0.1) is 23.7 Å². The van der Waals surface area contributed by atoms with Crippen LogP contribution in [0.5, 0.6) is 0 Å². The minimum absolute atomic E-state index is 0.00923. The number of halogens is 1. The highest BCUT2D eigenvalue weighted by molar-refractivity contribution is 6.33. The first-order valence-electron chi connectivity index (χ1n) is 11.8. The van der Waals surface area contributed by atoms with Gasteiger partial charge >= 0.3 is 5.97 Å². The Hall–Kier alpha value is -2.38. The minimum Gasteiger partial charge on any atom is -0.466 e. The summed E-state index contributed by atoms with van der Waals surface area (Å²) < 4.78 is 5.36. The number of likely N-dealkylation sites (tertiary alicyclic amines) is 1. The molecular formula is C25H33ClN2O5. The van der Waals surface area contributed by atoms with Crippen molar-refractivity contribution in [2.45, 2.75) is 45.6 Å². The first-order valence-corrected chi connectivity index (χ1v) is 12.1. The highest BCUT2D eigenvalue weighted by atomic mass is 35.5. The molecule has 2 aliphatic rings. The number of amides is 2. The summed E-state index contributed by atoms with van der Waals surface area (Å²) in [5.74, 6) is -2.76. The van der Waals surface area contributed by atoms with Crippen LogP contribution in [0.1, 0.15) is 39.5 Å². The Balaban J connectivity index is 1.96. The number of para-hydroxylation sites is 1. The molecule has 1 aliphatic heterocycles. The molecule has 2 N–H and O–H groups in total. The standard InChI is InChI=1S/C25H33ClN2O5/c1-3-9-16-12-13-17-21(20(16)25(32)33-4-2)24(31)28(14-7-8-15-29)22(17)23(30)27-19-11-6-5-10-18(19)26/h5-6,10-13,16-17,20-22,29H,3-4,7-9,14-15H2,1-2H3,(H,27,30)/t16-,17+,20-,21-,22+/m1/s1. The van der Waals surface area contributed by atoms with Gasteiger partial charge in [0.05, 0.1) is 29.2 Å². The summed E-state index contributed by atoms with van der Waals surface area (Å²) in [6.45, 7) is 4.37. The molecule has 0 spiro atoms. The van der Waals surface area contributed by atoms with Gasteiger partial charge in [0.25, 0.3) is 0 Å². The van der Waals surface area contributed by atoms with Crippen molar-refractivity contribution in [2.75, 3.05) is 25.1 Å². The molecule has 1 aromatic rings. The Morgan fingerprint density at radius 2 is 1.94 bits per heavy atom. The van der Waals surface area contributed by atoms with Crippen molar-refractivity contribution in [1.82, 2.24) is 4.90 Å². The molecule has 8 heteroatoms. The molecule has 7 nitrogen and oxygen atoms in total. The summed E-state index contributed by atoms with van der Waals surface area (Å²) in [6, 6.07) is 6.17. The third-order valence-electron chi connectivity index (χ3n) is 6.50. The van der Waals surface area contributed by atoms with Crippen molar-refractivity contribution in [3.05, 3.63) is 41.4 Å². The Kier molecular flexibility index (Phi) is 8.92. The van der Waals surface area contributed by atoms with Crippen LogP contribution in [-0.4, -0.2) is 53.6 Å². The summed E-state index contributed by atoms with van der Waals surface area (Å²) in [5.41, 5.74) is 0.473. The number of unbranched alkanes of at least 4 members (excludes halogenated alkanes) is 1. The lowest BCUT2D eigenvalue weighted by Crippen LogP contribution is -2.44. The van der Waals surface area contributed by atoms with E-state index in [1.54, 1.807) is 36.1 Å². The Morgan fingerprint density at radius 1 is 1.18 bits per heavy atom. The van der Waals surface area contributed by atoms with Gasteiger partial charge in [0.2, 0.25) is 11.8 Å². The van der Waals surface area contributed by atoms with Crippen molar-refractivity contribution < 1.29 is 24.2 Å². The number of hydrogen-bond donors (Lipinski definition) is 2. The lowest BCUT2D eigenvalue weighted by Gasteiger charge is -2.33. The second kappa shape index (κ2) is 11.7. The third kappa shape index (κ3) is 5.41.